The van der Waals surface area contributed by atoms with Crippen LogP contribution in [0.25, 0.3) is 0 Å². The Balaban J connectivity index is 1.92. The molecular weight excluding hydrogens is 316 g/mol. The Hall–Kier alpha value is -2.69. The lowest BCUT2D eigenvalue weighted by atomic mass is 10.0. The van der Waals surface area contributed by atoms with Gasteiger partial charge in [0.2, 0.25) is 5.91 Å². The molecule has 2 N–H and O–H groups in total. The van der Waals surface area contributed by atoms with Crippen molar-refractivity contribution in [2.75, 3.05) is 26.1 Å². The van der Waals surface area contributed by atoms with Crippen LogP contribution in [-0.2, 0) is 4.79 Å². The molecule has 0 radical (unpaired) electrons. The number of amides is 1. The maximum absolute atomic E-state index is 12.4. The molecule has 2 aromatic rings. The van der Waals surface area contributed by atoms with Gasteiger partial charge in [-0.05, 0) is 30.5 Å². The molecule has 5 nitrogen and oxygen atoms in total. The zero-order valence-electron chi connectivity index (χ0n) is 15.2. The number of nitrogens with one attached hydrogen (secondary N) is 2. The first-order chi connectivity index (χ1) is 12.0. The number of hydrogen-bond donors (Lipinski definition) is 2. The second-order valence-electron chi connectivity index (χ2n) is 5.99. The van der Waals surface area contributed by atoms with Crippen LogP contribution in [-0.4, -0.2) is 32.7 Å². The molecule has 0 saturated carbocycles. The third-order valence-corrected chi connectivity index (χ3v) is 4.13. The van der Waals surface area contributed by atoms with Crippen LogP contribution in [0.1, 0.15) is 25.3 Å². The van der Waals surface area contributed by atoms with E-state index >= 15 is 0 Å². The second-order valence-corrected chi connectivity index (χ2v) is 5.99. The molecule has 2 atom stereocenters. The van der Waals surface area contributed by atoms with Crippen molar-refractivity contribution in [1.29, 1.82) is 0 Å². The number of carbonyl (C=O) groups excluding carboxylic acids is 1. The van der Waals surface area contributed by atoms with Crippen molar-refractivity contribution in [3.8, 4) is 11.5 Å². The average molecular weight is 342 g/mol. The highest BCUT2D eigenvalue weighted by molar-refractivity contribution is 5.84. The van der Waals surface area contributed by atoms with E-state index in [9.17, 15) is 4.79 Å². The Bertz CT molecular complexity index is 689. The van der Waals surface area contributed by atoms with Crippen LogP contribution in [0.15, 0.2) is 48.5 Å². The van der Waals surface area contributed by atoms with Crippen LogP contribution < -0.4 is 20.1 Å². The van der Waals surface area contributed by atoms with E-state index in [0.29, 0.717) is 18.0 Å². The molecule has 0 aliphatic rings. The van der Waals surface area contributed by atoms with Crippen molar-refractivity contribution in [2.45, 2.75) is 25.8 Å². The van der Waals surface area contributed by atoms with E-state index in [4.69, 9.17) is 9.47 Å². The minimum absolute atomic E-state index is 0.0550. The maximum Gasteiger partial charge on any atom is 0.242 e. The first-order valence-electron chi connectivity index (χ1n) is 8.36. The summed E-state index contributed by atoms with van der Waals surface area (Å²) in [6, 6.07) is 15.2. The minimum Gasteiger partial charge on any atom is -0.497 e. The Kier molecular flexibility index (Phi) is 6.69. The van der Waals surface area contributed by atoms with Crippen LogP contribution in [0.5, 0.6) is 11.5 Å². The molecule has 0 saturated heterocycles. The van der Waals surface area contributed by atoms with Gasteiger partial charge in [-0.15, -0.1) is 0 Å². The van der Waals surface area contributed by atoms with Gasteiger partial charge in [0, 0.05) is 12.6 Å². The average Bonchev–Trinajstić information content (AvgIpc) is 2.66. The summed E-state index contributed by atoms with van der Waals surface area (Å²) in [5.74, 6) is 1.54. The standard InChI is InChI=1S/C20H26N2O3/c1-14(16-8-6-5-7-9-16)13-21-20(23)15(2)22-18-11-10-17(24-3)12-19(18)25-4/h5-12,14-15,22H,13H2,1-4H3,(H,21,23)/t14-,15-/m1/s1. The van der Waals surface area contributed by atoms with E-state index in [1.807, 2.05) is 37.3 Å². The maximum atomic E-state index is 12.4. The third kappa shape index (κ3) is 5.14. The van der Waals surface area contributed by atoms with Gasteiger partial charge >= 0.3 is 0 Å². The molecule has 0 fully saturated rings. The first-order valence-corrected chi connectivity index (χ1v) is 8.36. The Morgan fingerprint density at radius 3 is 2.40 bits per heavy atom. The number of carbonyl (C=O) groups is 1. The molecule has 134 valence electrons. The predicted octanol–water partition coefficient (Wildman–Crippen LogP) is 3.42. The highest BCUT2D eigenvalue weighted by Crippen LogP contribution is 2.29. The second kappa shape index (κ2) is 8.97. The van der Waals surface area contributed by atoms with E-state index in [-0.39, 0.29) is 17.9 Å². The fourth-order valence-electron chi connectivity index (χ4n) is 2.52. The Morgan fingerprint density at radius 2 is 1.76 bits per heavy atom. The van der Waals surface area contributed by atoms with E-state index < -0.39 is 0 Å². The molecule has 0 aromatic heterocycles. The van der Waals surface area contributed by atoms with Gasteiger partial charge in [-0.25, -0.2) is 0 Å². The topological polar surface area (TPSA) is 59.6 Å². The quantitative estimate of drug-likeness (QED) is 0.772. The normalized spacial score (nSPS) is 12.8. The summed E-state index contributed by atoms with van der Waals surface area (Å²) in [5, 5.41) is 6.18. The minimum atomic E-state index is -0.384. The molecule has 5 heteroatoms. The highest BCUT2D eigenvalue weighted by atomic mass is 16.5. The lowest BCUT2D eigenvalue weighted by molar-refractivity contribution is -0.121. The van der Waals surface area contributed by atoms with Crippen molar-refractivity contribution in [3.05, 3.63) is 54.1 Å². The molecule has 0 unspecified atom stereocenters. The predicted molar refractivity (Wildman–Crippen MR) is 100 cm³/mol. The number of hydrogen-bond acceptors (Lipinski definition) is 4. The molecule has 25 heavy (non-hydrogen) atoms. The summed E-state index contributed by atoms with van der Waals surface area (Å²) >= 11 is 0. The van der Waals surface area contributed by atoms with Gasteiger partial charge in [0.1, 0.15) is 17.5 Å². The summed E-state index contributed by atoms with van der Waals surface area (Å²) in [5.41, 5.74) is 1.96. The van der Waals surface area contributed by atoms with E-state index in [2.05, 4.69) is 29.7 Å². The van der Waals surface area contributed by atoms with Crippen LogP contribution in [0.3, 0.4) is 0 Å². The lowest BCUT2D eigenvalue weighted by Crippen LogP contribution is -2.39. The van der Waals surface area contributed by atoms with E-state index in [1.54, 1.807) is 20.3 Å². The SMILES string of the molecule is COc1ccc(N[C@H](C)C(=O)NC[C@@H](C)c2ccccc2)c(OC)c1. The molecular formula is C20H26N2O3. The van der Waals surface area contributed by atoms with Crippen LogP contribution in [0, 0.1) is 0 Å². The van der Waals surface area contributed by atoms with Crippen LogP contribution >= 0.6 is 0 Å². The Morgan fingerprint density at radius 1 is 1.04 bits per heavy atom. The van der Waals surface area contributed by atoms with Gasteiger partial charge in [0.05, 0.1) is 19.9 Å². The number of ether oxygens (including phenoxy) is 2. The van der Waals surface area contributed by atoms with Gasteiger partial charge < -0.3 is 20.1 Å². The molecule has 0 heterocycles. The summed E-state index contributed by atoms with van der Waals surface area (Å²) < 4.78 is 10.5. The monoisotopic (exact) mass is 342 g/mol. The number of methoxy groups -OCH3 is 2. The van der Waals surface area contributed by atoms with Crippen LogP contribution in [0.2, 0.25) is 0 Å². The van der Waals surface area contributed by atoms with Gasteiger partial charge in [-0.3, -0.25) is 4.79 Å². The zero-order chi connectivity index (χ0) is 18.2. The number of anilines is 1. The van der Waals surface area contributed by atoms with Gasteiger partial charge in [0.15, 0.2) is 0 Å². The third-order valence-electron chi connectivity index (χ3n) is 4.13. The van der Waals surface area contributed by atoms with Gasteiger partial charge in [-0.1, -0.05) is 37.3 Å². The molecule has 1 amide bonds. The number of rotatable bonds is 8. The summed E-state index contributed by atoms with van der Waals surface area (Å²) in [4.78, 5) is 12.4. The smallest absolute Gasteiger partial charge is 0.242 e. The molecule has 0 aliphatic carbocycles. The molecule has 2 rings (SSSR count). The highest BCUT2D eigenvalue weighted by Gasteiger charge is 2.16. The van der Waals surface area contributed by atoms with Crippen molar-refractivity contribution < 1.29 is 14.3 Å². The van der Waals surface area contributed by atoms with Crippen molar-refractivity contribution >= 4 is 11.6 Å². The fraction of sp³-hybridized carbons (Fsp3) is 0.350. The van der Waals surface area contributed by atoms with Gasteiger partial charge in [-0.2, -0.15) is 0 Å². The first kappa shape index (κ1) is 18.6. The van der Waals surface area contributed by atoms with E-state index in [0.717, 1.165) is 5.69 Å². The molecule has 0 bridgehead atoms. The fourth-order valence-corrected chi connectivity index (χ4v) is 2.52. The summed E-state index contributed by atoms with van der Waals surface area (Å²) in [6.45, 7) is 4.51. The molecule has 2 aromatic carbocycles. The largest absolute Gasteiger partial charge is 0.497 e. The summed E-state index contributed by atoms with van der Waals surface area (Å²) in [6.07, 6.45) is 0. The zero-order valence-corrected chi connectivity index (χ0v) is 15.2. The lowest BCUT2D eigenvalue weighted by Gasteiger charge is -2.19. The van der Waals surface area contributed by atoms with E-state index in [1.165, 1.54) is 5.56 Å². The summed E-state index contributed by atoms with van der Waals surface area (Å²) in [7, 11) is 3.19. The Labute approximate surface area is 149 Å². The number of benzene rings is 2. The molecule has 0 spiro atoms. The molecule has 0 aliphatic heterocycles. The van der Waals surface area contributed by atoms with Crippen molar-refractivity contribution in [1.82, 2.24) is 5.32 Å². The van der Waals surface area contributed by atoms with Crippen molar-refractivity contribution in [3.63, 3.8) is 0 Å². The van der Waals surface area contributed by atoms with Gasteiger partial charge in [0.25, 0.3) is 0 Å². The van der Waals surface area contributed by atoms with Crippen LogP contribution in [0.4, 0.5) is 5.69 Å². The van der Waals surface area contributed by atoms with Crippen molar-refractivity contribution in [2.24, 2.45) is 0 Å².